The van der Waals surface area contributed by atoms with Crippen molar-refractivity contribution in [3.63, 3.8) is 0 Å². The van der Waals surface area contributed by atoms with Gasteiger partial charge in [-0.2, -0.15) is 0 Å². The third-order valence-corrected chi connectivity index (χ3v) is 4.84. The van der Waals surface area contributed by atoms with Crippen LogP contribution in [0.5, 0.6) is 0 Å². The van der Waals surface area contributed by atoms with E-state index in [1.54, 1.807) is 0 Å². The van der Waals surface area contributed by atoms with Crippen LogP contribution in [0, 0.1) is 0 Å². The largest absolute Gasteiger partial charge is 0.311 e. The third kappa shape index (κ3) is 4.43. The van der Waals surface area contributed by atoms with E-state index < -0.39 is 0 Å². The van der Waals surface area contributed by atoms with Gasteiger partial charge in [-0.3, -0.25) is 4.70 Å². The molecule has 0 unspecified atom stereocenters. The topological polar surface area (TPSA) is 3.24 Å². The minimum Gasteiger partial charge on any atom is -0.311 e. The Hall–Kier alpha value is -1.17. The molecule has 0 saturated heterocycles. The summed E-state index contributed by atoms with van der Waals surface area (Å²) < 4.78 is 3.22. The van der Waals surface area contributed by atoms with Crippen molar-refractivity contribution >= 4 is 64.9 Å². The fourth-order valence-corrected chi connectivity index (χ4v) is 3.01. The highest BCUT2D eigenvalue weighted by Crippen LogP contribution is 2.35. The molecular weight excluding hydrogens is 489 g/mol. The monoisotopic (exact) mass is 499 g/mol. The summed E-state index contributed by atoms with van der Waals surface area (Å²) in [7, 11) is 0. The molecule has 0 aliphatic heterocycles. The highest BCUT2D eigenvalue weighted by molar-refractivity contribution is 9.11. The van der Waals surface area contributed by atoms with Crippen LogP contribution in [0.2, 0.25) is 0 Å². The summed E-state index contributed by atoms with van der Waals surface area (Å²) in [4.78, 5) is 2.23. The molecule has 0 radical (unpaired) electrons. The zero-order valence-electron chi connectivity index (χ0n) is 11.9. The lowest BCUT2D eigenvalue weighted by Crippen LogP contribution is -2.09. The standard InChI is InChI=1S/C18H12Br3N.FH/c19-13-1-7-16(8-2-13)22(17-9-3-14(20)4-10-17)18-11-5-15(21)6-12-18;/h1-12H;1H. The fraction of sp³-hybridized carbons (Fsp3) is 0. The summed E-state index contributed by atoms with van der Waals surface area (Å²) in [6.07, 6.45) is 0. The maximum Gasteiger partial charge on any atom is 0.0462 e. The van der Waals surface area contributed by atoms with Crippen LogP contribution in [0.15, 0.2) is 86.2 Å². The van der Waals surface area contributed by atoms with Gasteiger partial charge in [0.05, 0.1) is 0 Å². The molecule has 0 amide bonds. The van der Waals surface area contributed by atoms with E-state index in [0.717, 1.165) is 30.5 Å². The quantitative estimate of drug-likeness (QED) is 0.357. The normalized spacial score (nSPS) is 10.0. The molecule has 0 heterocycles. The minimum absolute atomic E-state index is 0. The summed E-state index contributed by atoms with van der Waals surface area (Å²) in [5, 5.41) is 0. The van der Waals surface area contributed by atoms with Crippen molar-refractivity contribution in [3.05, 3.63) is 86.2 Å². The van der Waals surface area contributed by atoms with Gasteiger partial charge in [-0.25, -0.2) is 0 Å². The zero-order chi connectivity index (χ0) is 15.5. The van der Waals surface area contributed by atoms with Gasteiger partial charge in [-0.15, -0.1) is 0 Å². The molecule has 0 aliphatic rings. The SMILES string of the molecule is Brc1ccc(N(c2ccc(Br)cc2)c2ccc(Br)cc2)cc1.F. The summed E-state index contributed by atoms with van der Waals surface area (Å²) in [6.45, 7) is 0. The van der Waals surface area contributed by atoms with Crippen LogP contribution in [-0.2, 0) is 0 Å². The minimum atomic E-state index is 0. The van der Waals surface area contributed by atoms with Gasteiger partial charge in [-0.05, 0) is 72.8 Å². The Kier molecular flexibility index (Phi) is 6.39. The van der Waals surface area contributed by atoms with Crippen LogP contribution in [0.25, 0.3) is 0 Å². The van der Waals surface area contributed by atoms with Crippen molar-refractivity contribution in [2.45, 2.75) is 0 Å². The van der Waals surface area contributed by atoms with Crippen LogP contribution in [0.1, 0.15) is 0 Å². The first-order chi connectivity index (χ1) is 10.6. The Bertz CT molecular complexity index is 648. The van der Waals surface area contributed by atoms with Crippen molar-refractivity contribution in [2.24, 2.45) is 0 Å². The molecule has 3 aromatic rings. The smallest absolute Gasteiger partial charge is 0.0462 e. The summed E-state index contributed by atoms with van der Waals surface area (Å²) in [6, 6.07) is 25.0. The van der Waals surface area contributed by atoms with Crippen molar-refractivity contribution < 1.29 is 4.70 Å². The van der Waals surface area contributed by atoms with Gasteiger partial charge in [0.15, 0.2) is 0 Å². The second-order valence-electron chi connectivity index (χ2n) is 4.76. The maximum absolute atomic E-state index is 3.50. The fourth-order valence-electron chi connectivity index (χ4n) is 2.22. The molecule has 23 heavy (non-hydrogen) atoms. The van der Waals surface area contributed by atoms with E-state index >= 15 is 0 Å². The molecule has 3 rings (SSSR count). The van der Waals surface area contributed by atoms with Crippen LogP contribution >= 0.6 is 47.8 Å². The van der Waals surface area contributed by atoms with Crippen LogP contribution in [0.4, 0.5) is 21.8 Å². The number of benzene rings is 3. The van der Waals surface area contributed by atoms with Gasteiger partial charge in [0.2, 0.25) is 0 Å². The number of hydrogen-bond donors (Lipinski definition) is 0. The Balaban J connectivity index is 0.00000192. The first kappa shape index (κ1) is 18.2. The van der Waals surface area contributed by atoms with Gasteiger partial charge in [0, 0.05) is 30.5 Å². The second-order valence-corrected chi connectivity index (χ2v) is 7.51. The number of halogens is 4. The molecule has 118 valence electrons. The molecule has 0 atom stereocenters. The zero-order valence-corrected chi connectivity index (χ0v) is 16.7. The lowest BCUT2D eigenvalue weighted by atomic mass is 10.2. The van der Waals surface area contributed by atoms with E-state index in [-0.39, 0.29) is 4.70 Å². The van der Waals surface area contributed by atoms with Crippen LogP contribution in [0.3, 0.4) is 0 Å². The van der Waals surface area contributed by atoms with E-state index in [2.05, 4.69) is 125 Å². The number of anilines is 3. The van der Waals surface area contributed by atoms with Gasteiger partial charge < -0.3 is 4.90 Å². The van der Waals surface area contributed by atoms with E-state index in [0.29, 0.717) is 0 Å². The van der Waals surface area contributed by atoms with Gasteiger partial charge in [-0.1, -0.05) is 47.8 Å². The lowest BCUT2D eigenvalue weighted by molar-refractivity contribution is 1.11. The predicted octanol–water partition coefficient (Wildman–Crippen LogP) is 7.60. The Morgan fingerprint density at radius 2 is 0.652 bits per heavy atom. The summed E-state index contributed by atoms with van der Waals surface area (Å²) in [5.41, 5.74) is 3.36. The molecular formula is C18H13Br3FN. The second kappa shape index (κ2) is 8.08. The maximum atomic E-state index is 3.50. The van der Waals surface area contributed by atoms with Gasteiger partial charge >= 0.3 is 0 Å². The number of rotatable bonds is 3. The predicted molar refractivity (Wildman–Crippen MR) is 107 cm³/mol. The molecule has 1 nitrogen and oxygen atoms in total. The molecule has 3 aromatic carbocycles. The Morgan fingerprint density at radius 1 is 0.435 bits per heavy atom. The first-order valence-corrected chi connectivity index (χ1v) is 9.08. The van der Waals surface area contributed by atoms with Crippen LogP contribution in [-0.4, -0.2) is 0 Å². The van der Waals surface area contributed by atoms with Crippen molar-refractivity contribution in [1.29, 1.82) is 0 Å². The molecule has 0 fully saturated rings. The van der Waals surface area contributed by atoms with Crippen LogP contribution < -0.4 is 4.90 Å². The summed E-state index contributed by atoms with van der Waals surface area (Å²) >= 11 is 10.5. The average Bonchev–Trinajstić information content (AvgIpc) is 2.53. The highest BCUT2D eigenvalue weighted by Gasteiger charge is 2.12. The molecule has 0 bridgehead atoms. The average molecular weight is 502 g/mol. The van der Waals surface area contributed by atoms with E-state index in [4.69, 9.17) is 0 Å². The van der Waals surface area contributed by atoms with Gasteiger partial charge in [0.25, 0.3) is 0 Å². The molecule has 0 N–H and O–H groups in total. The van der Waals surface area contributed by atoms with E-state index in [1.165, 1.54) is 0 Å². The van der Waals surface area contributed by atoms with Crippen molar-refractivity contribution in [3.8, 4) is 0 Å². The van der Waals surface area contributed by atoms with Gasteiger partial charge in [0.1, 0.15) is 0 Å². The molecule has 0 spiro atoms. The number of hydrogen-bond acceptors (Lipinski definition) is 1. The molecule has 0 aromatic heterocycles. The van der Waals surface area contributed by atoms with E-state index in [1.807, 2.05) is 0 Å². The lowest BCUT2D eigenvalue weighted by Gasteiger charge is -2.25. The molecule has 5 heteroatoms. The summed E-state index contributed by atoms with van der Waals surface area (Å²) in [5.74, 6) is 0. The first-order valence-electron chi connectivity index (χ1n) is 6.70. The third-order valence-electron chi connectivity index (χ3n) is 3.25. The van der Waals surface area contributed by atoms with E-state index in [9.17, 15) is 0 Å². The molecule has 0 saturated carbocycles. The number of nitrogens with zero attached hydrogens (tertiary/aromatic N) is 1. The van der Waals surface area contributed by atoms with Crippen molar-refractivity contribution in [1.82, 2.24) is 0 Å². The Morgan fingerprint density at radius 3 is 0.870 bits per heavy atom. The van der Waals surface area contributed by atoms with Crippen molar-refractivity contribution in [2.75, 3.05) is 4.90 Å². The Labute approximate surface area is 160 Å². The molecule has 0 aliphatic carbocycles. The highest BCUT2D eigenvalue weighted by atomic mass is 79.9.